The maximum atomic E-state index is 11.8. The van der Waals surface area contributed by atoms with Gasteiger partial charge in [-0.2, -0.15) is 0 Å². The molecule has 1 aromatic carbocycles. The fourth-order valence-electron chi connectivity index (χ4n) is 1.94. The van der Waals surface area contributed by atoms with Crippen molar-refractivity contribution in [3.8, 4) is 0 Å². The Morgan fingerprint density at radius 2 is 1.87 bits per heavy atom. The van der Waals surface area contributed by atoms with Crippen LogP contribution in [0.2, 0.25) is 0 Å². The molecule has 0 radical (unpaired) electrons. The highest BCUT2D eigenvalue weighted by molar-refractivity contribution is 5.97. The maximum Gasteiger partial charge on any atom is 0.292 e. The van der Waals surface area contributed by atoms with Crippen LogP contribution in [0.15, 0.2) is 30.6 Å². The molecule has 0 atom stereocenters. The first-order valence-electron chi connectivity index (χ1n) is 6.94. The lowest BCUT2D eigenvalue weighted by Gasteiger charge is -2.11. The summed E-state index contributed by atoms with van der Waals surface area (Å²) in [6.07, 6.45) is 2.72. The minimum absolute atomic E-state index is 0.00680. The molecule has 0 aliphatic rings. The first kappa shape index (κ1) is 16.2. The summed E-state index contributed by atoms with van der Waals surface area (Å²) in [5, 5.41) is 3.00. The third-order valence-electron chi connectivity index (χ3n) is 3.08. The number of carbonyl (C=O) groups excluding carboxylic acids is 2. The van der Waals surface area contributed by atoms with E-state index in [1.165, 1.54) is 12.4 Å². The zero-order chi connectivity index (χ0) is 16.8. The van der Waals surface area contributed by atoms with Crippen molar-refractivity contribution in [2.75, 3.05) is 17.6 Å². The lowest BCUT2D eigenvalue weighted by Crippen LogP contribution is -2.44. The average Bonchev–Trinajstić information content (AvgIpc) is 2.52. The highest BCUT2D eigenvalue weighted by Crippen LogP contribution is 2.15. The summed E-state index contributed by atoms with van der Waals surface area (Å²) in [4.78, 5) is 31.1. The van der Waals surface area contributed by atoms with Crippen molar-refractivity contribution in [1.82, 2.24) is 20.8 Å². The number of hydrazine groups is 1. The summed E-state index contributed by atoms with van der Waals surface area (Å²) in [6.45, 7) is 3.96. The fraction of sp³-hybridized carbons (Fsp3) is 0.200. The number of carbonyl (C=O) groups is 2. The van der Waals surface area contributed by atoms with Gasteiger partial charge in [-0.15, -0.1) is 0 Å². The first-order valence-corrected chi connectivity index (χ1v) is 6.94. The van der Waals surface area contributed by atoms with Crippen LogP contribution in [-0.4, -0.2) is 28.3 Å². The Kier molecular flexibility index (Phi) is 5.08. The van der Waals surface area contributed by atoms with Gasteiger partial charge >= 0.3 is 0 Å². The molecule has 0 aliphatic heterocycles. The van der Waals surface area contributed by atoms with E-state index in [4.69, 9.17) is 5.73 Å². The summed E-state index contributed by atoms with van der Waals surface area (Å²) in [5.41, 5.74) is 13.0. The van der Waals surface area contributed by atoms with Crippen molar-refractivity contribution < 1.29 is 9.59 Å². The summed E-state index contributed by atoms with van der Waals surface area (Å²) >= 11 is 0. The predicted octanol–water partition coefficient (Wildman–Crippen LogP) is 0.549. The summed E-state index contributed by atoms with van der Waals surface area (Å²) in [7, 11) is 0. The number of nitrogens with two attached hydrogens (primary N) is 1. The quantitative estimate of drug-likeness (QED) is 0.611. The van der Waals surface area contributed by atoms with Crippen LogP contribution in [0.3, 0.4) is 0 Å². The molecule has 2 rings (SSSR count). The highest BCUT2D eigenvalue weighted by Gasteiger charge is 2.12. The van der Waals surface area contributed by atoms with Crippen LogP contribution in [0, 0.1) is 13.8 Å². The summed E-state index contributed by atoms with van der Waals surface area (Å²) in [5.74, 6) is -1.04. The van der Waals surface area contributed by atoms with Gasteiger partial charge in [0.25, 0.3) is 11.8 Å². The van der Waals surface area contributed by atoms with Crippen LogP contribution >= 0.6 is 0 Å². The summed E-state index contributed by atoms with van der Waals surface area (Å²) < 4.78 is 0. The van der Waals surface area contributed by atoms with E-state index in [1.54, 1.807) is 0 Å². The van der Waals surface area contributed by atoms with Gasteiger partial charge in [0.15, 0.2) is 11.5 Å². The van der Waals surface area contributed by atoms with Crippen molar-refractivity contribution in [3.05, 3.63) is 47.4 Å². The molecule has 0 aliphatic carbocycles. The number of hydrogen-bond acceptors (Lipinski definition) is 6. The monoisotopic (exact) mass is 314 g/mol. The molecule has 2 amide bonds. The normalized spacial score (nSPS) is 10.0. The molecule has 8 heteroatoms. The molecule has 0 fully saturated rings. The molecule has 0 saturated carbocycles. The van der Waals surface area contributed by atoms with Gasteiger partial charge in [-0.25, -0.2) is 9.97 Å². The molecule has 2 aromatic rings. The van der Waals surface area contributed by atoms with Crippen LogP contribution in [0.4, 0.5) is 11.5 Å². The van der Waals surface area contributed by atoms with Crippen LogP contribution in [0.1, 0.15) is 21.6 Å². The van der Waals surface area contributed by atoms with Crippen molar-refractivity contribution >= 4 is 23.3 Å². The third kappa shape index (κ3) is 4.40. The SMILES string of the molecule is Cc1ccc(NCC(=O)NNC(=O)c2nccnc2N)c(C)c1. The van der Waals surface area contributed by atoms with Crippen LogP contribution in [0.25, 0.3) is 0 Å². The number of anilines is 2. The minimum Gasteiger partial charge on any atom is -0.382 e. The van der Waals surface area contributed by atoms with E-state index in [2.05, 4.69) is 26.1 Å². The number of rotatable bonds is 4. The van der Waals surface area contributed by atoms with Crippen molar-refractivity contribution in [3.63, 3.8) is 0 Å². The second-order valence-corrected chi connectivity index (χ2v) is 4.96. The molecular formula is C15H18N6O2. The molecular weight excluding hydrogens is 296 g/mol. The Hall–Kier alpha value is -3.16. The van der Waals surface area contributed by atoms with Gasteiger partial charge in [-0.3, -0.25) is 20.4 Å². The molecule has 5 N–H and O–H groups in total. The second kappa shape index (κ2) is 7.21. The lowest BCUT2D eigenvalue weighted by atomic mass is 10.1. The van der Waals surface area contributed by atoms with Gasteiger partial charge in [-0.05, 0) is 25.5 Å². The number of nitrogens with one attached hydrogen (secondary N) is 3. The predicted molar refractivity (Wildman–Crippen MR) is 86.5 cm³/mol. The van der Waals surface area contributed by atoms with E-state index >= 15 is 0 Å². The molecule has 120 valence electrons. The van der Waals surface area contributed by atoms with E-state index in [0.717, 1.165) is 16.8 Å². The smallest absolute Gasteiger partial charge is 0.292 e. The van der Waals surface area contributed by atoms with Crippen molar-refractivity contribution in [2.45, 2.75) is 13.8 Å². The Morgan fingerprint density at radius 3 is 2.57 bits per heavy atom. The molecule has 0 saturated heterocycles. The second-order valence-electron chi connectivity index (χ2n) is 4.96. The largest absolute Gasteiger partial charge is 0.382 e. The van der Waals surface area contributed by atoms with Gasteiger partial charge in [0, 0.05) is 18.1 Å². The molecule has 1 heterocycles. The number of benzene rings is 1. The third-order valence-corrected chi connectivity index (χ3v) is 3.08. The Labute approximate surface area is 133 Å². The van der Waals surface area contributed by atoms with Gasteiger partial charge in [0.1, 0.15) is 0 Å². The van der Waals surface area contributed by atoms with E-state index < -0.39 is 11.8 Å². The van der Waals surface area contributed by atoms with Gasteiger partial charge in [0.05, 0.1) is 6.54 Å². The number of aryl methyl sites for hydroxylation is 2. The van der Waals surface area contributed by atoms with Crippen molar-refractivity contribution in [2.24, 2.45) is 0 Å². The van der Waals surface area contributed by atoms with Crippen LogP contribution in [0.5, 0.6) is 0 Å². The highest BCUT2D eigenvalue weighted by atomic mass is 16.2. The van der Waals surface area contributed by atoms with Gasteiger partial charge < -0.3 is 11.1 Å². The number of nitrogens with zero attached hydrogens (tertiary/aromatic N) is 2. The van der Waals surface area contributed by atoms with E-state index in [-0.39, 0.29) is 18.1 Å². The molecule has 23 heavy (non-hydrogen) atoms. The standard InChI is InChI=1S/C15H18N6O2/c1-9-3-4-11(10(2)7-9)19-8-12(22)20-21-15(23)13-14(16)18-6-5-17-13/h3-7,19H,8H2,1-2H3,(H2,16,18)(H,20,22)(H,21,23). The molecule has 1 aromatic heterocycles. The van der Waals surface area contributed by atoms with Crippen LogP contribution in [-0.2, 0) is 4.79 Å². The zero-order valence-electron chi connectivity index (χ0n) is 12.9. The summed E-state index contributed by atoms with van der Waals surface area (Å²) in [6, 6.07) is 5.86. The fourth-order valence-corrected chi connectivity index (χ4v) is 1.94. The van der Waals surface area contributed by atoms with Gasteiger partial charge in [0.2, 0.25) is 0 Å². The molecule has 0 bridgehead atoms. The molecule has 0 spiro atoms. The topological polar surface area (TPSA) is 122 Å². The van der Waals surface area contributed by atoms with E-state index in [9.17, 15) is 9.59 Å². The average molecular weight is 314 g/mol. The number of amides is 2. The zero-order valence-corrected chi connectivity index (χ0v) is 12.9. The number of hydrogen-bond donors (Lipinski definition) is 4. The van der Waals surface area contributed by atoms with E-state index in [0.29, 0.717) is 0 Å². The van der Waals surface area contributed by atoms with Crippen molar-refractivity contribution in [1.29, 1.82) is 0 Å². The molecule has 0 unspecified atom stereocenters. The Bertz CT molecular complexity index is 732. The lowest BCUT2D eigenvalue weighted by molar-refractivity contribution is -0.120. The number of aromatic nitrogens is 2. The Morgan fingerprint density at radius 1 is 1.13 bits per heavy atom. The maximum absolute atomic E-state index is 11.8. The minimum atomic E-state index is -0.629. The Balaban J connectivity index is 1.83. The first-order chi connectivity index (χ1) is 11.0. The van der Waals surface area contributed by atoms with E-state index in [1.807, 2.05) is 32.0 Å². The van der Waals surface area contributed by atoms with Gasteiger partial charge in [-0.1, -0.05) is 17.7 Å². The van der Waals surface area contributed by atoms with Crippen LogP contribution < -0.4 is 21.9 Å². The molecule has 8 nitrogen and oxygen atoms in total. The number of nitrogen functional groups attached to an aromatic ring is 1.